The number of carbonyl (C=O) groups excluding carboxylic acids is 1. The molecule has 0 spiro atoms. The number of amides is 1. The average molecular weight is 399 g/mol. The summed E-state index contributed by atoms with van der Waals surface area (Å²) in [6.45, 7) is 2.00. The van der Waals surface area contributed by atoms with Gasteiger partial charge in [0.15, 0.2) is 12.8 Å². The molecule has 2 unspecified atom stereocenters. The standard InChI is InChI=1S/C22H25NO6/c1-16(27-13-18-10-6-3-7-11-18)20(12-17-8-4-2-5-9-17)28-14-19-21(24)29-15-23(19)22(25)26/h2-11,16,19-20H,12-15H2,1H3,(H,25,26)/t16?,19?,20-/m0/s1. The van der Waals surface area contributed by atoms with Gasteiger partial charge in [0.1, 0.15) is 0 Å². The minimum atomic E-state index is -1.21. The predicted molar refractivity (Wildman–Crippen MR) is 105 cm³/mol. The Morgan fingerprint density at radius 3 is 2.34 bits per heavy atom. The van der Waals surface area contributed by atoms with Crippen LogP contribution in [0.3, 0.4) is 0 Å². The van der Waals surface area contributed by atoms with Gasteiger partial charge in [-0.2, -0.15) is 0 Å². The van der Waals surface area contributed by atoms with Crippen LogP contribution in [0, 0.1) is 0 Å². The van der Waals surface area contributed by atoms with Crippen molar-refractivity contribution in [1.82, 2.24) is 4.90 Å². The van der Waals surface area contributed by atoms with E-state index < -0.39 is 18.1 Å². The molecule has 154 valence electrons. The number of carbonyl (C=O) groups is 2. The van der Waals surface area contributed by atoms with Gasteiger partial charge in [0, 0.05) is 6.42 Å². The zero-order valence-corrected chi connectivity index (χ0v) is 16.3. The van der Waals surface area contributed by atoms with Crippen molar-refractivity contribution < 1.29 is 28.9 Å². The Balaban J connectivity index is 1.65. The molecular weight excluding hydrogens is 374 g/mol. The SMILES string of the molecule is CC(OCc1ccccc1)[C@H](Cc1ccccc1)OCC1C(=O)OCN1C(=O)O. The third kappa shape index (κ3) is 5.79. The van der Waals surface area contributed by atoms with E-state index in [0.717, 1.165) is 16.0 Å². The number of hydrogen-bond donors (Lipinski definition) is 1. The summed E-state index contributed by atoms with van der Waals surface area (Å²) < 4.78 is 16.9. The molecular formula is C22H25NO6. The third-order valence-corrected chi connectivity index (χ3v) is 4.87. The Bertz CT molecular complexity index is 797. The fourth-order valence-electron chi connectivity index (χ4n) is 3.12. The average Bonchev–Trinajstić information content (AvgIpc) is 3.11. The van der Waals surface area contributed by atoms with Crippen LogP contribution in [-0.4, -0.2) is 53.7 Å². The summed E-state index contributed by atoms with van der Waals surface area (Å²) in [5.41, 5.74) is 2.12. The van der Waals surface area contributed by atoms with E-state index >= 15 is 0 Å². The van der Waals surface area contributed by atoms with Crippen molar-refractivity contribution in [1.29, 1.82) is 0 Å². The van der Waals surface area contributed by atoms with E-state index in [0.29, 0.717) is 13.0 Å². The normalized spacial score (nSPS) is 18.3. The maximum absolute atomic E-state index is 11.9. The van der Waals surface area contributed by atoms with Gasteiger partial charge < -0.3 is 19.3 Å². The van der Waals surface area contributed by atoms with Crippen molar-refractivity contribution in [3.8, 4) is 0 Å². The Morgan fingerprint density at radius 1 is 1.10 bits per heavy atom. The van der Waals surface area contributed by atoms with Crippen molar-refractivity contribution in [3.05, 3.63) is 71.8 Å². The Labute approximate surface area is 169 Å². The third-order valence-electron chi connectivity index (χ3n) is 4.87. The molecule has 1 saturated heterocycles. The molecule has 7 nitrogen and oxygen atoms in total. The number of esters is 1. The molecule has 29 heavy (non-hydrogen) atoms. The molecule has 0 saturated carbocycles. The van der Waals surface area contributed by atoms with E-state index in [9.17, 15) is 14.7 Å². The topological polar surface area (TPSA) is 85.3 Å². The van der Waals surface area contributed by atoms with E-state index in [1.807, 2.05) is 67.6 Å². The van der Waals surface area contributed by atoms with E-state index in [1.165, 1.54) is 0 Å². The van der Waals surface area contributed by atoms with Gasteiger partial charge in [-0.25, -0.2) is 9.59 Å². The quantitative estimate of drug-likeness (QED) is 0.653. The van der Waals surface area contributed by atoms with Gasteiger partial charge >= 0.3 is 12.1 Å². The number of rotatable bonds is 9. The summed E-state index contributed by atoms with van der Waals surface area (Å²) in [5.74, 6) is -0.594. The Morgan fingerprint density at radius 2 is 1.72 bits per heavy atom. The van der Waals surface area contributed by atoms with Gasteiger partial charge in [-0.05, 0) is 18.1 Å². The molecule has 2 aromatic rings. The smallest absolute Gasteiger partial charge is 0.410 e. The second kappa shape index (κ2) is 10.0. The molecule has 1 fully saturated rings. The lowest BCUT2D eigenvalue weighted by Gasteiger charge is -2.27. The first-order valence-electron chi connectivity index (χ1n) is 9.52. The largest absolute Gasteiger partial charge is 0.465 e. The Hall–Kier alpha value is -2.90. The summed E-state index contributed by atoms with van der Waals surface area (Å²) in [5, 5.41) is 9.23. The highest BCUT2D eigenvalue weighted by atomic mass is 16.6. The van der Waals surface area contributed by atoms with Gasteiger partial charge in [0.05, 0.1) is 25.4 Å². The highest BCUT2D eigenvalue weighted by Crippen LogP contribution is 2.18. The summed E-state index contributed by atoms with van der Waals surface area (Å²) in [6.07, 6.45) is -1.26. The van der Waals surface area contributed by atoms with Crippen LogP contribution in [0.25, 0.3) is 0 Å². The summed E-state index contributed by atoms with van der Waals surface area (Å²) in [7, 11) is 0. The first-order valence-corrected chi connectivity index (χ1v) is 9.52. The van der Waals surface area contributed by atoms with Gasteiger partial charge in [-0.15, -0.1) is 0 Å². The van der Waals surface area contributed by atoms with Crippen molar-refractivity contribution in [3.63, 3.8) is 0 Å². The van der Waals surface area contributed by atoms with Crippen LogP contribution in [0.1, 0.15) is 18.1 Å². The maximum Gasteiger partial charge on any atom is 0.410 e. The zero-order valence-electron chi connectivity index (χ0n) is 16.3. The lowest BCUT2D eigenvalue weighted by atomic mass is 10.0. The van der Waals surface area contributed by atoms with Gasteiger partial charge in [-0.3, -0.25) is 4.90 Å². The second-order valence-corrected chi connectivity index (χ2v) is 6.92. The summed E-state index contributed by atoms with van der Waals surface area (Å²) >= 11 is 0. The van der Waals surface area contributed by atoms with E-state index in [2.05, 4.69) is 0 Å². The number of ether oxygens (including phenoxy) is 3. The molecule has 0 radical (unpaired) electrons. The van der Waals surface area contributed by atoms with Crippen molar-refractivity contribution >= 4 is 12.1 Å². The van der Waals surface area contributed by atoms with Crippen LogP contribution in [-0.2, 0) is 32.0 Å². The molecule has 1 N–H and O–H groups in total. The number of nitrogens with zero attached hydrogens (tertiary/aromatic N) is 1. The molecule has 1 aliphatic rings. The van der Waals surface area contributed by atoms with Crippen LogP contribution in [0.4, 0.5) is 4.79 Å². The fraction of sp³-hybridized carbons (Fsp3) is 0.364. The lowest BCUT2D eigenvalue weighted by molar-refractivity contribution is -0.141. The molecule has 0 aromatic heterocycles. The minimum Gasteiger partial charge on any atom is -0.465 e. The van der Waals surface area contributed by atoms with Crippen molar-refractivity contribution in [2.75, 3.05) is 13.3 Å². The van der Waals surface area contributed by atoms with Crippen LogP contribution in [0.5, 0.6) is 0 Å². The van der Waals surface area contributed by atoms with Gasteiger partial charge in [-0.1, -0.05) is 60.7 Å². The molecule has 2 aromatic carbocycles. The molecule has 0 bridgehead atoms. The van der Waals surface area contributed by atoms with Crippen LogP contribution in [0.2, 0.25) is 0 Å². The lowest BCUT2D eigenvalue weighted by Crippen LogP contribution is -2.43. The minimum absolute atomic E-state index is 0.0817. The first-order chi connectivity index (χ1) is 14.0. The molecule has 3 rings (SSSR count). The molecule has 1 aliphatic heterocycles. The van der Waals surface area contributed by atoms with Crippen molar-refractivity contribution in [2.24, 2.45) is 0 Å². The molecule has 7 heteroatoms. The number of benzene rings is 2. The first kappa shape index (κ1) is 20.8. The second-order valence-electron chi connectivity index (χ2n) is 6.92. The van der Waals surface area contributed by atoms with Crippen LogP contribution >= 0.6 is 0 Å². The summed E-state index contributed by atoms with van der Waals surface area (Å²) in [4.78, 5) is 24.1. The predicted octanol–water partition coefficient (Wildman–Crippen LogP) is 3.08. The highest BCUT2D eigenvalue weighted by Gasteiger charge is 2.39. The highest BCUT2D eigenvalue weighted by molar-refractivity contribution is 5.83. The number of cyclic esters (lactones) is 1. The zero-order chi connectivity index (χ0) is 20.6. The van der Waals surface area contributed by atoms with E-state index in [1.54, 1.807) is 0 Å². The van der Waals surface area contributed by atoms with Gasteiger partial charge in [0.25, 0.3) is 0 Å². The Kier molecular flexibility index (Phi) is 7.21. The van der Waals surface area contributed by atoms with E-state index in [-0.39, 0.29) is 25.5 Å². The van der Waals surface area contributed by atoms with Crippen LogP contribution in [0.15, 0.2) is 60.7 Å². The maximum atomic E-state index is 11.9. The number of carboxylic acid groups (broad SMARTS) is 1. The van der Waals surface area contributed by atoms with Crippen molar-refractivity contribution in [2.45, 2.75) is 38.2 Å². The molecule has 3 atom stereocenters. The molecule has 1 amide bonds. The monoisotopic (exact) mass is 399 g/mol. The number of hydrogen-bond acceptors (Lipinski definition) is 5. The molecule has 0 aliphatic carbocycles. The van der Waals surface area contributed by atoms with Crippen LogP contribution < -0.4 is 0 Å². The fourth-order valence-corrected chi connectivity index (χ4v) is 3.12. The van der Waals surface area contributed by atoms with E-state index in [4.69, 9.17) is 14.2 Å². The van der Waals surface area contributed by atoms with Gasteiger partial charge in [0.2, 0.25) is 0 Å². The molecule has 1 heterocycles. The summed E-state index contributed by atoms with van der Waals surface area (Å²) in [6, 6.07) is 18.7.